The largest absolute Gasteiger partial charge is 0.481 e. The Balaban J connectivity index is 1.96. The van der Waals surface area contributed by atoms with E-state index in [0.29, 0.717) is 16.8 Å². The van der Waals surface area contributed by atoms with Crippen molar-refractivity contribution in [1.82, 2.24) is 15.4 Å². The minimum atomic E-state index is -4.77. The van der Waals surface area contributed by atoms with E-state index in [2.05, 4.69) is 15.4 Å². The van der Waals surface area contributed by atoms with E-state index >= 15 is 0 Å². The Morgan fingerprint density at radius 2 is 2.03 bits per heavy atom. The zero-order chi connectivity index (χ0) is 22.2. The average molecular weight is 444 g/mol. The fraction of sp³-hybridized carbons (Fsp3) is 0.333. The SMILES string of the molecule is COc1cc(C(F)(F)F)nc(N2NC(=O)CC2C(=O)N(C)c2ccc(Cl)c(C)c2)n1. The number of hydrogen-bond acceptors (Lipinski definition) is 6. The first-order valence-corrected chi connectivity index (χ1v) is 9.01. The van der Waals surface area contributed by atoms with Crippen LogP contribution in [0, 0.1) is 6.92 Å². The van der Waals surface area contributed by atoms with Gasteiger partial charge in [-0.05, 0) is 30.7 Å². The third kappa shape index (κ3) is 4.25. The number of carbonyl (C=O) groups is 2. The van der Waals surface area contributed by atoms with Gasteiger partial charge >= 0.3 is 6.18 Å². The van der Waals surface area contributed by atoms with Crippen molar-refractivity contribution in [2.75, 3.05) is 24.1 Å². The van der Waals surface area contributed by atoms with Gasteiger partial charge in [0.1, 0.15) is 6.04 Å². The van der Waals surface area contributed by atoms with E-state index in [4.69, 9.17) is 16.3 Å². The Morgan fingerprint density at radius 1 is 1.33 bits per heavy atom. The number of likely N-dealkylation sites (N-methyl/N-ethyl adjacent to an activating group) is 1. The van der Waals surface area contributed by atoms with Crippen LogP contribution in [-0.4, -0.2) is 42.0 Å². The van der Waals surface area contributed by atoms with Gasteiger partial charge in [0.05, 0.1) is 13.5 Å². The molecule has 1 aromatic heterocycles. The molecule has 0 radical (unpaired) electrons. The van der Waals surface area contributed by atoms with Crippen LogP contribution in [0.25, 0.3) is 0 Å². The van der Waals surface area contributed by atoms with Crippen LogP contribution in [-0.2, 0) is 15.8 Å². The highest BCUT2D eigenvalue weighted by Gasteiger charge is 2.41. The Morgan fingerprint density at radius 3 is 2.63 bits per heavy atom. The lowest BCUT2D eigenvalue weighted by Crippen LogP contribution is -2.48. The molecule has 30 heavy (non-hydrogen) atoms. The van der Waals surface area contributed by atoms with Gasteiger partial charge in [-0.25, -0.2) is 9.99 Å². The first-order valence-electron chi connectivity index (χ1n) is 8.64. The number of halogens is 4. The molecule has 2 amide bonds. The molecular weight excluding hydrogens is 427 g/mol. The van der Waals surface area contributed by atoms with Crippen LogP contribution in [0.3, 0.4) is 0 Å². The van der Waals surface area contributed by atoms with Gasteiger partial charge in [0.25, 0.3) is 5.91 Å². The second-order valence-corrected chi connectivity index (χ2v) is 6.96. The minimum absolute atomic E-state index is 0.280. The zero-order valence-corrected chi connectivity index (χ0v) is 16.9. The molecule has 12 heteroatoms. The van der Waals surface area contributed by atoms with E-state index in [1.54, 1.807) is 25.1 Å². The lowest BCUT2D eigenvalue weighted by Gasteiger charge is -2.27. The van der Waals surface area contributed by atoms with Gasteiger partial charge in [-0.15, -0.1) is 0 Å². The Hall–Kier alpha value is -3.08. The smallest absolute Gasteiger partial charge is 0.433 e. The van der Waals surface area contributed by atoms with E-state index in [1.807, 2.05) is 0 Å². The number of methoxy groups -OCH3 is 1. The normalized spacial score (nSPS) is 16.4. The van der Waals surface area contributed by atoms with Crippen molar-refractivity contribution in [1.29, 1.82) is 0 Å². The summed E-state index contributed by atoms with van der Waals surface area (Å²) in [5, 5.41) is 1.44. The molecule has 1 aromatic carbocycles. The van der Waals surface area contributed by atoms with Crippen LogP contribution in [0.4, 0.5) is 24.8 Å². The third-order valence-corrected chi connectivity index (χ3v) is 4.91. The Labute approximate surface area is 174 Å². The summed E-state index contributed by atoms with van der Waals surface area (Å²) in [5.74, 6) is -1.98. The second kappa shape index (κ2) is 7.98. The molecule has 0 spiro atoms. The van der Waals surface area contributed by atoms with E-state index in [1.165, 1.54) is 11.9 Å². The summed E-state index contributed by atoms with van der Waals surface area (Å²) < 4.78 is 44.4. The topological polar surface area (TPSA) is 87.7 Å². The summed E-state index contributed by atoms with van der Waals surface area (Å²) >= 11 is 6.01. The van der Waals surface area contributed by atoms with Gasteiger partial charge in [0.15, 0.2) is 5.69 Å². The van der Waals surface area contributed by atoms with Gasteiger partial charge in [0.2, 0.25) is 17.7 Å². The third-order valence-electron chi connectivity index (χ3n) is 4.49. The number of hydrogen-bond donors (Lipinski definition) is 1. The predicted molar refractivity (Wildman–Crippen MR) is 102 cm³/mol. The zero-order valence-electron chi connectivity index (χ0n) is 16.1. The molecule has 1 fully saturated rings. The van der Waals surface area contributed by atoms with Crippen molar-refractivity contribution in [3.63, 3.8) is 0 Å². The standard InChI is InChI=1S/C18H17ClF3N5O3/c1-9-6-10(4-5-11(9)19)26(2)16(29)12-7-14(28)25-27(12)17-23-13(18(20,21)22)8-15(24-17)30-3/h4-6,8,12H,7H2,1-3H3,(H,25,28). The number of alkyl halides is 3. The highest BCUT2D eigenvalue weighted by atomic mass is 35.5. The molecule has 0 bridgehead atoms. The van der Waals surface area contributed by atoms with Crippen LogP contribution in [0.5, 0.6) is 5.88 Å². The maximum absolute atomic E-state index is 13.2. The van der Waals surface area contributed by atoms with E-state index < -0.39 is 35.7 Å². The molecule has 1 N–H and O–H groups in total. The number of anilines is 2. The number of nitrogens with zero attached hydrogens (tertiary/aromatic N) is 4. The molecule has 0 aliphatic carbocycles. The fourth-order valence-electron chi connectivity index (χ4n) is 2.87. The van der Waals surface area contributed by atoms with Crippen molar-refractivity contribution in [3.8, 4) is 5.88 Å². The second-order valence-electron chi connectivity index (χ2n) is 6.55. The first-order chi connectivity index (χ1) is 14.0. The molecule has 1 unspecified atom stereocenters. The molecule has 2 aromatic rings. The molecule has 160 valence electrons. The average Bonchev–Trinajstić information content (AvgIpc) is 3.09. The molecule has 1 atom stereocenters. The summed E-state index contributed by atoms with van der Waals surface area (Å²) in [6.45, 7) is 1.76. The predicted octanol–water partition coefficient (Wildman–Crippen LogP) is 2.74. The number of ether oxygens (including phenoxy) is 1. The molecular formula is C18H17ClF3N5O3. The molecule has 1 aliphatic rings. The number of hydrazine groups is 1. The minimum Gasteiger partial charge on any atom is -0.481 e. The summed E-state index contributed by atoms with van der Waals surface area (Å²) in [4.78, 5) is 33.7. The van der Waals surface area contributed by atoms with Gasteiger partial charge in [-0.1, -0.05) is 11.6 Å². The quantitative estimate of drug-likeness (QED) is 0.781. The van der Waals surface area contributed by atoms with Crippen molar-refractivity contribution in [3.05, 3.63) is 40.5 Å². The molecule has 3 rings (SSSR count). The molecule has 0 saturated carbocycles. The number of aromatic nitrogens is 2. The van der Waals surface area contributed by atoms with Crippen molar-refractivity contribution in [2.24, 2.45) is 0 Å². The number of rotatable bonds is 4. The summed E-state index contributed by atoms with van der Waals surface area (Å²) in [6.07, 6.45) is -5.05. The number of amides is 2. The van der Waals surface area contributed by atoms with Gasteiger partial charge in [0, 0.05) is 23.8 Å². The van der Waals surface area contributed by atoms with Crippen LogP contribution in [0.15, 0.2) is 24.3 Å². The maximum atomic E-state index is 13.2. The Kier molecular flexibility index (Phi) is 5.75. The molecule has 1 saturated heterocycles. The van der Waals surface area contributed by atoms with Crippen LogP contribution in [0.2, 0.25) is 5.02 Å². The van der Waals surface area contributed by atoms with Crippen molar-refractivity contribution < 1.29 is 27.5 Å². The van der Waals surface area contributed by atoms with Crippen molar-refractivity contribution in [2.45, 2.75) is 25.6 Å². The molecule has 1 aliphatic heterocycles. The van der Waals surface area contributed by atoms with Crippen LogP contribution < -0.4 is 20.1 Å². The van der Waals surface area contributed by atoms with E-state index in [9.17, 15) is 22.8 Å². The first kappa shape index (κ1) is 21.6. The molecule has 2 heterocycles. The van der Waals surface area contributed by atoms with E-state index in [-0.39, 0.29) is 12.3 Å². The highest BCUT2D eigenvalue weighted by Crippen LogP contribution is 2.32. The van der Waals surface area contributed by atoms with Gasteiger partial charge in [-0.2, -0.15) is 18.2 Å². The number of benzene rings is 1. The number of nitrogens with one attached hydrogen (secondary N) is 1. The summed E-state index contributed by atoms with van der Waals surface area (Å²) in [6, 6.07) is 4.38. The number of aryl methyl sites for hydroxylation is 1. The number of carbonyl (C=O) groups excluding carboxylic acids is 2. The van der Waals surface area contributed by atoms with Crippen molar-refractivity contribution >= 4 is 35.1 Å². The highest BCUT2D eigenvalue weighted by molar-refractivity contribution is 6.31. The van der Waals surface area contributed by atoms with Gasteiger partial charge < -0.3 is 9.64 Å². The van der Waals surface area contributed by atoms with Crippen LogP contribution >= 0.6 is 11.6 Å². The lowest BCUT2D eigenvalue weighted by atomic mass is 10.1. The van der Waals surface area contributed by atoms with E-state index in [0.717, 1.165) is 17.7 Å². The monoisotopic (exact) mass is 443 g/mol. The fourth-order valence-corrected chi connectivity index (χ4v) is 2.99. The summed E-state index contributed by atoms with van der Waals surface area (Å²) in [7, 11) is 2.63. The molecule has 8 nitrogen and oxygen atoms in total. The van der Waals surface area contributed by atoms with Gasteiger partial charge in [-0.3, -0.25) is 15.0 Å². The summed E-state index contributed by atoms with van der Waals surface area (Å²) in [5.41, 5.74) is 2.31. The van der Waals surface area contributed by atoms with Crippen LogP contribution in [0.1, 0.15) is 17.7 Å². The Bertz CT molecular complexity index is 1000. The maximum Gasteiger partial charge on any atom is 0.433 e. The lowest BCUT2D eigenvalue weighted by molar-refractivity contribution is -0.141.